The van der Waals surface area contributed by atoms with Gasteiger partial charge in [-0.25, -0.2) is 0 Å². The Kier molecular flexibility index (Phi) is 2.65. The highest BCUT2D eigenvalue weighted by Crippen LogP contribution is 2.27. The van der Waals surface area contributed by atoms with Crippen LogP contribution in [0.4, 0.5) is 0 Å². The minimum Gasteiger partial charge on any atom is -0.488 e. The number of para-hydroxylation sites is 1. The third kappa shape index (κ3) is 1.91. The lowest BCUT2D eigenvalue weighted by atomic mass is 9.99. The van der Waals surface area contributed by atoms with E-state index in [0.29, 0.717) is 23.5 Å². The van der Waals surface area contributed by atoms with Gasteiger partial charge in [0.25, 0.3) is 0 Å². The van der Waals surface area contributed by atoms with Crippen LogP contribution in [0.15, 0.2) is 54.4 Å². The smallest absolute Gasteiger partial charge is 0.196 e. The van der Waals surface area contributed by atoms with E-state index in [4.69, 9.17) is 4.74 Å². The van der Waals surface area contributed by atoms with Gasteiger partial charge in [0.1, 0.15) is 12.4 Å². The summed E-state index contributed by atoms with van der Waals surface area (Å²) in [6.45, 7) is 0.318. The van der Waals surface area contributed by atoms with Crippen molar-refractivity contribution in [1.82, 2.24) is 4.98 Å². The lowest BCUT2D eigenvalue weighted by Gasteiger charge is -2.18. The first-order chi connectivity index (χ1) is 8.84. The van der Waals surface area contributed by atoms with Gasteiger partial charge in [-0.1, -0.05) is 12.1 Å². The van der Waals surface area contributed by atoms with Crippen LogP contribution in [0.1, 0.15) is 15.9 Å². The van der Waals surface area contributed by atoms with Gasteiger partial charge < -0.3 is 4.74 Å². The summed E-state index contributed by atoms with van der Waals surface area (Å²) < 4.78 is 5.57. The van der Waals surface area contributed by atoms with Gasteiger partial charge in [0, 0.05) is 18.0 Å². The zero-order valence-electron chi connectivity index (χ0n) is 9.67. The number of fused-ring (bicyclic) bond motifs is 1. The second-order valence-corrected chi connectivity index (χ2v) is 4.06. The Balaban J connectivity index is 1.98. The molecule has 0 unspecified atom stereocenters. The monoisotopic (exact) mass is 237 g/mol. The summed E-state index contributed by atoms with van der Waals surface area (Å²) in [7, 11) is 0. The second-order valence-electron chi connectivity index (χ2n) is 4.06. The molecule has 3 heteroatoms. The Morgan fingerprint density at radius 1 is 1.11 bits per heavy atom. The number of aromatic nitrogens is 1. The topological polar surface area (TPSA) is 39.2 Å². The lowest BCUT2D eigenvalue weighted by molar-refractivity contribution is 0.100. The first kappa shape index (κ1) is 10.7. The largest absolute Gasteiger partial charge is 0.488 e. The van der Waals surface area contributed by atoms with Crippen LogP contribution in [0.3, 0.4) is 0 Å². The van der Waals surface area contributed by atoms with Crippen molar-refractivity contribution >= 4 is 11.9 Å². The molecule has 0 saturated heterocycles. The molecule has 0 N–H and O–H groups in total. The van der Waals surface area contributed by atoms with E-state index in [9.17, 15) is 4.79 Å². The van der Waals surface area contributed by atoms with Crippen LogP contribution in [-0.2, 0) is 0 Å². The van der Waals surface area contributed by atoms with Crippen molar-refractivity contribution in [3.8, 4) is 5.75 Å². The van der Waals surface area contributed by atoms with Crippen LogP contribution in [0.2, 0.25) is 0 Å². The third-order valence-corrected chi connectivity index (χ3v) is 2.85. The number of nitrogens with zero attached hydrogens (tertiary/aromatic N) is 1. The molecule has 1 aliphatic rings. The molecule has 1 aromatic heterocycles. The van der Waals surface area contributed by atoms with Gasteiger partial charge in [-0.05, 0) is 35.9 Å². The van der Waals surface area contributed by atoms with Crippen LogP contribution in [0.5, 0.6) is 5.75 Å². The molecule has 88 valence electrons. The molecule has 0 radical (unpaired) electrons. The van der Waals surface area contributed by atoms with Crippen molar-refractivity contribution in [1.29, 1.82) is 0 Å². The number of carbonyl (C=O) groups is 1. The third-order valence-electron chi connectivity index (χ3n) is 2.85. The van der Waals surface area contributed by atoms with E-state index in [0.717, 1.165) is 5.56 Å². The molecule has 2 heterocycles. The number of hydrogen-bond donors (Lipinski definition) is 0. The van der Waals surface area contributed by atoms with Gasteiger partial charge in [-0.3, -0.25) is 9.78 Å². The van der Waals surface area contributed by atoms with E-state index in [1.807, 2.05) is 36.4 Å². The van der Waals surface area contributed by atoms with Gasteiger partial charge in [0.15, 0.2) is 5.78 Å². The Bertz CT molecular complexity index is 617. The first-order valence-electron chi connectivity index (χ1n) is 5.72. The number of rotatable bonds is 1. The van der Waals surface area contributed by atoms with Crippen LogP contribution < -0.4 is 4.74 Å². The highest BCUT2D eigenvalue weighted by Gasteiger charge is 2.22. The highest BCUT2D eigenvalue weighted by atomic mass is 16.5. The minimum atomic E-state index is 0.0358. The predicted molar refractivity (Wildman–Crippen MR) is 68.5 cm³/mol. The van der Waals surface area contributed by atoms with E-state index in [1.165, 1.54) is 0 Å². The van der Waals surface area contributed by atoms with Gasteiger partial charge in [0.2, 0.25) is 0 Å². The fourth-order valence-electron chi connectivity index (χ4n) is 1.94. The summed E-state index contributed by atoms with van der Waals surface area (Å²) >= 11 is 0. The SMILES string of the molecule is O=C1C(=Cc2ccncc2)COc2ccccc21. The number of benzene rings is 1. The summed E-state index contributed by atoms with van der Waals surface area (Å²) in [5.74, 6) is 0.697. The molecule has 3 rings (SSSR count). The van der Waals surface area contributed by atoms with Gasteiger partial charge in [-0.15, -0.1) is 0 Å². The molecule has 18 heavy (non-hydrogen) atoms. The number of carbonyl (C=O) groups excluding carboxylic acids is 1. The van der Waals surface area contributed by atoms with Crippen molar-refractivity contribution in [2.24, 2.45) is 0 Å². The lowest BCUT2D eigenvalue weighted by Crippen LogP contribution is -2.18. The fourth-order valence-corrected chi connectivity index (χ4v) is 1.94. The quantitative estimate of drug-likeness (QED) is 0.716. The zero-order valence-corrected chi connectivity index (χ0v) is 9.67. The molecule has 1 aliphatic heterocycles. The molecule has 0 amide bonds. The molecule has 3 nitrogen and oxygen atoms in total. The zero-order chi connectivity index (χ0) is 12.4. The Morgan fingerprint density at radius 3 is 2.72 bits per heavy atom. The summed E-state index contributed by atoms with van der Waals surface area (Å²) in [6.07, 6.45) is 5.25. The van der Waals surface area contributed by atoms with Crippen LogP contribution in [0, 0.1) is 0 Å². The van der Waals surface area contributed by atoms with Gasteiger partial charge in [-0.2, -0.15) is 0 Å². The summed E-state index contributed by atoms with van der Waals surface area (Å²) in [4.78, 5) is 16.2. The molecular formula is C15H11NO2. The molecule has 1 aromatic carbocycles. The minimum absolute atomic E-state index is 0.0358. The number of ketones is 1. The normalized spacial score (nSPS) is 16.2. The van der Waals surface area contributed by atoms with Crippen LogP contribution in [-0.4, -0.2) is 17.4 Å². The predicted octanol–water partition coefficient (Wildman–Crippen LogP) is 2.74. The van der Waals surface area contributed by atoms with Gasteiger partial charge in [0.05, 0.1) is 5.56 Å². The first-order valence-corrected chi connectivity index (χ1v) is 5.72. The molecular weight excluding hydrogens is 226 g/mol. The maximum atomic E-state index is 12.3. The van der Waals surface area contributed by atoms with E-state index in [-0.39, 0.29) is 5.78 Å². The van der Waals surface area contributed by atoms with E-state index >= 15 is 0 Å². The van der Waals surface area contributed by atoms with Crippen LogP contribution >= 0.6 is 0 Å². The van der Waals surface area contributed by atoms with E-state index < -0.39 is 0 Å². The Hall–Kier alpha value is -2.42. The van der Waals surface area contributed by atoms with E-state index in [2.05, 4.69) is 4.98 Å². The van der Waals surface area contributed by atoms with Crippen molar-refractivity contribution in [2.75, 3.05) is 6.61 Å². The van der Waals surface area contributed by atoms with Gasteiger partial charge >= 0.3 is 0 Å². The van der Waals surface area contributed by atoms with Crippen molar-refractivity contribution in [2.45, 2.75) is 0 Å². The highest BCUT2D eigenvalue weighted by molar-refractivity contribution is 6.14. The number of Topliss-reactive ketones (excluding diaryl/α,β-unsaturated/α-hetero) is 1. The number of ether oxygens (including phenoxy) is 1. The fraction of sp³-hybridized carbons (Fsp3) is 0.0667. The number of hydrogen-bond acceptors (Lipinski definition) is 3. The summed E-state index contributed by atoms with van der Waals surface area (Å²) in [5, 5.41) is 0. The Labute approximate surface area is 105 Å². The van der Waals surface area contributed by atoms with Crippen molar-refractivity contribution < 1.29 is 9.53 Å². The van der Waals surface area contributed by atoms with Crippen molar-refractivity contribution in [3.05, 3.63) is 65.5 Å². The maximum absolute atomic E-state index is 12.3. The van der Waals surface area contributed by atoms with E-state index in [1.54, 1.807) is 18.5 Å². The standard InChI is InChI=1S/C15H11NO2/c17-15-12(9-11-5-7-16-8-6-11)10-18-14-4-2-1-3-13(14)15/h1-9H,10H2. The second kappa shape index (κ2) is 4.45. The van der Waals surface area contributed by atoms with Crippen LogP contribution in [0.25, 0.3) is 6.08 Å². The van der Waals surface area contributed by atoms with Crippen molar-refractivity contribution in [3.63, 3.8) is 0 Å². The summed E-state index contributed by atoms with van der Waals surface area (Å²) in [6, 6.07) is 11.0. The maximum Gasteiger partial charge on any atom is 0.196 e. The Morgan fingerprint density at radius 2 is 1.89 bits per heavy atom. The molecule has 0 saturated carbocycles. The molecule has 0 atom stereocenters. The molecule has 0 fully saturated rings. The summed E-state index contributed by atoms with van der Waals surface area (Å²) in [5.41, 5.74) is 2.25. The molecule has 0 aliphatic carbocycles. The molecule has 2 aromatic rings. The number of pyridine rings is 1. The molecule has 0 spiro atoms. The average molecular weight is 237 g/mol. The average Bonchev–Trinajstić information content (AvgIpc) is 2.43. The molecule has 0 bridgehead atoms.